The number of hydrogen-bond acceptors (Lipinski definition) is 1. The van der Waals surface area contributed by atoms with Crippen LogP contribution in [0.4, 0.5) is 0 Å². The van der Waals surface area contributed by atoms with Gasteiger partial charge in [0.25, 0.3) is 0 Å². The van der Waals surface area contributed by atoms with Crippen LogP contribution in [0.5, 0.6) is 0 Å². The van der Waals surface area contributed by atoms with Gasteiger partial charge in [-0.2, -0.15) is 0 Å². The lowest BCUT2D eigenvalue weighted by Crippen LogP contribution is -1.98. The molecule has 0 aromatic carbocycles. The SMILES string of the molecule is ClC1=CC=CCC=CN1. The van der Waals surface area contributed by atoms with E-state index in [1.165, 1.54) is 0 Å². The smallest absolute Gasteiger partial charge is 0.106 e. The summed E-state index contributed by atoms with van der Waals surface area (Å²) in [6.45, 7) is 0. The Kier molecular flexibility index (Phi) is 2.40. The van der Waals surface area contributed by atoms with Gasteiger partial charge in [0.1, 0.15) is 5.16 Å². The van der Waals surface area contributed by atoms with Crippen LogP contribution in [0.3, 0.4) is 0 Å². The van der Waals surface area contributed by atoms with Crippen molar-refractivity contribution in [3.8, 4) is 0 Å². The highest BCUT2D eigenvalue weighted by Gasteiger charge is 1.84. The molecule has 0 fully saturated rings. The molecule has 2 heteroatoms. The minimum absolute atomic E-state index is 0.655. The molecule has 0 spiro atoms. The highest BCUT2D eigenvalue weighted by atomic mass is 35.5. The number of hydrogen-bond donors (Lipinski definition) is 1. The van der Waals surface area contributed by atoms with Gasteiger partial charge in [0.05, 0.1) is 0 Å². The lowest BCUT2D eigenvalue weighted by molar-refractivity contribution is 1.13. The van der Waals surface area contributed by atoms with E-state index in [1.54, 1.807) is 0 Å². The van der Waals surface area contributed by atoms with Crippen molar-refractivity contribution in [2.45, 2.75) is 6.42 Å². The summed E-state index contributed by atoms with van der Waals surface area (Å²) in [6, 6.07) is 0. The average molecular weight is 142 g/mol. The maximum atomic E-state index is 5.64. The van der Waals surface area contributed by atoms with Gasteiger partial charge in [-0.1, -0.05) is 29.8 Å². The van der Waals surface area contributed by atoms with E-state index in [4.69, 9.17) is 11.6 Å². The molecule has 0 aliphatic carbocycles. The van der Waals surface area contributed by atoms with Gasteiger partial charge in [0.15, 0.2) is 0 Å². The Morgan fingerprint density at radius 1 is 1.44 bits per heavy atom. The summed E-state index contributed by atoms with van der Waals surface area (Å²) in [5, 5.41) is 3.53. The van der Waals surface area contributed by atoms with Gasteiger partial charge in [-0.05, 0) is 18.7 Å². The van der Waals surface area contributed by atoms with Crippen LogP contribution in [0.25, 0.3) is 0 Å². The molecular weight excluding hydrogens is 134 g/mol. The molecule has 0 bridgehead atoms. The Balaban J connectivity index is 2.63. The molecule has 0 aromatic rings. The van der Waals surface area contributed by atoms with Crippen LogP contribution in [-0.2, 0) is 0 Å². The first-order chi connectivity index (χ1) is 4.39. The van der Waals surface area contributed by atoms with Crippen molar-refractivity contribution >= 4 is 11.6 Å². The number of allylic oxidation sites excluding steroid dienone is 4. The molecule has 1 heterocycles. The molecule has 1 nitrogen and oxygen atoms in total. The predicted molar refractivity (Wildman–Crippen MR) is 40.0 cm³/mol. The molecule has 48 valence electrons. The first kappa shape index (κ1) is 6.43. The molecule has 9 heavy (non-hydrogen) atoms. The van der Waals surface area contributed by atoms with Gasteiger partial charge >= 0.3 is 0 Å². The Labute approximate surface area is 59.7 Å². The van der Waals surface area contributed by atoms with Crippen LogP contribution in [0.15, 0.2) is 35.7 Å². The maximum Gasteiger partial charge on any atom is 0.106 e. The van der Waals surface area contributed by atoms with E-state index in [9.17, 15) is 0 Å². The summed E-state index contributed by atoms with van der Waals surface area (Å²) in [7, 11) is 0. The van der Waals surface area contributed by atoms with Gasteiger partial charge in [-0.15, -0.1) is 0 Å². The predicted octanol–water partition coefficient (Wildman–Crippen LogP) is 2.13. The second-order valence-electron chi connectivity index (χ2n) is 1.73. The molecule has 0 aromatic heterocycles. The third kappa shape index (κ3) is 2.38. The van der Waals surface area contributed by atoms with Crippen LogP contribution < -0.4 is 5.32 Å². The molecule has 1 aliphatic rings. The van der Waals surface area contributed by atoms with E-state index in [0.717, 1.165) is 6.42 Å². The number of rotatable bonds is 0. The molecule has 1 N–H and O–H groups in total. The van der Waals surface area contributed by atoms with Crippen molar-refractivity contribution in [2.75, 3.05) is 0 Å². The fraction of sp³-hybridized carbons (Fsp3) is 0.143. The molecule has 0 saturated heterocycles. The van der Waals surface area contributed by atoms with Crippen LogP contribution in [0, 0.1) is 0 Å². The fourth-order valence-corrected chi connectivity index (χ4v) is 0.700. The third-order valence-electron chi connectivity index (χ3n) is 0.990. The van der Waals surface area contributed by atoms with Crippen LogP contribution in [0.1, 0.15) is 6.42 Å². The normalized spacial score (nSPS) is 17.7. The van der Waals surface area contributed by atoms with Crippen molar-refractivity contribution in [1.29, 1.82) is 0 Å². The van der Waals surface area contributed by atoms with E-state index < -0.39 is 0 Å². The molecule has 1 aliphatic heterocycles. The summed E-state index contributed by atoms with van der Waals surface area (Å²) in [6.07, 6.45) is 10.6. The van der Waals surface area contributed by atoms with Gasteiger partial charge in [-0.3, -0.25) is 0 Å². The first-order valence-electron chi connectivity index (χ1n) is 2.83. The zero-order chi connectivity index (χ0) is 6.53. The lowest BCUT2D eigenvalue weighted by Gasteiger charge is -1.96. The van der Waals surface area contributed by atoms with Crippen LogP contribution >= 0.6 is 11.6 Å². The molecule has 0 unspecified atom stereocenters. The van der Waals surface area contributed by atoms with Crippen molar-refractivity contribution in [2.24, 2.45) is 0 Å². The second kappa shape index (κ2) is 3.36. The maximum absolute atomic E-state index is 5.64. The molecule has 0 amide bonds. The van der Waals surface area contributed by atoms with Gasteiger partial charge in [0, 0.05) is 0 Å². The van der Waals surface area contributed by atoms with E-state index in [-0.39, 0.29) is 0 Å². The largest absolute Gasteiger partial charge is 0.353 e. The summed E-state index contributed by atoms with van der Waals surface area (Å²) < 4.78 is 0. The highest BCUT2D eigenvalue weighted by molar-refractivity contribution is 6.29. The van der Waals surface area contributed by atoms with Crippen molar-refractivity contribution in [1.82, 2.24) is 5.32 Å². The van der Waals surface area contributed by atoms with Gasteiger partial charge in [-0.25, -0.2) is 0 Å². The zero-order valence-corrected chi connectivity index (χ0v) is 5.73. The summed E-state index contributed by atoms with van der Waals surface area (Å²) in [5.41, 5.74) is 0. The summed E-state index contributed by atoms with van der Waals surface area (Å²) in [5.74, 6) is 0. The fourth-order valence-electron chi connectivity index (χ4n) is 0.564. The van der Waals surface area contributed by atoms with E-state index in [2.05, 4.69) is 5.32 Å². The Bertz CT molecular complexity index is 168. The van der Waals surface area contributed by atoms with Gasteiger partial charge < -0.3 is 5.32 Å². The van der Waals surface area contributed by atoms with E-state index >= 15 is 0 Å². The molecule has 0 saturated carbocycles. The van der Waals surface area contributed by atoms with Crippen LogP contribution in [-0.4, -0.2) is 0 Å². The topological polar surface area (TPSA) is 12.0 Å². The average Bonchev–Trinajstić information content (AvgIpc) is 1.79. The summed E-state index contributed by atoms with van der Waals surface area (Å²) >= 11 is 5.64. The first-order valence-corrected chi connectivity index (χ1v) is 3.21. The van der Waals surface area contributed by atoms with Crippen molar-refractivity contribution in [3.63, 3.8) is 0 Å². The van der Waals surface area contributed by atoms with Gasteiger partial charge in [0.2, 0.25) is 0 Å². The number of halogens is 1. The highest BCUT2D eigenvalue weighted by Crippen LogP contribution is 1.99. The van der Waals surface area contributed by atoms with E-state index in [0.29, 0.717) is 5.16 Å². The Morgan fingerprint density at radius 2 is 2.33 bits per heavy atom. The van der Waals surface area contributed by atoms with Crippen molar-refractivity contribution < 1.29 is 0 Å². The number of nitrogens with one attached hydrogen (secondary N) is 1. The standard InChI is InChI=1S/C7H8ClN/c8-7-5-3-1-2-4-6-9-7/h1,3-6,9H,2H2. The molecule has 1 rings (SSSR count). The second-order valence-corrected chi connectivity index (χ2v) is 2.13. The van der Waals surface area contributed by atoms with E-state index in [1.807, 2.05) is 30.5 Å². The Morgan fingerprint density at radius 3 is 3.22 bits per heavy atom. The lowest BCUT2D eigenvalue weighted by atomic mass is 10.3. The molecule has 0 atom stereocenters. The molecule has 0 radical (unpaired) electrons. The quantitative estimate of drug-likeness (QED) is 0.510. The Hall–Kier alpha value is -0.690. The minimum Gasteiger partial charge on any atom is -0.353 e. The zero-order valence-electron chi connectivity index (χ0n) is 4.97. The minimum atomic E-state index is 0.655. The summed E-state index contributed by atoms with van der Waals surface area (Å²) in [4.78, 5) is 0. The van der Waals surface area contributed by atoms with Crippen molar-refractivity contribution in [3.05, 3.63) is 35.7 Å². The monoisotopic (exact) mass is 141 g/mol. The molecular formula is C7H8ClN. The third-order valence-corrected chi connectivity index (χ3v) is 1.22. The van der Waals surface area contributed by atoms with Crippen LogP contribution in [0.2, 0.25) is 0 Å².